The number of para-hydroxylation sites is 1. The first-order valence-corrected chi connectivity index (χ1v) is 7.02. The number of nitrogens with one attached hydrogen (secondary N) is 1. The number of hydrogen-bond donors (Lipinski definition) is 3. The van der Waals surface area contributed by atoms with E-state index < -0.39 is 17.6 Å². The lowest BCUT2D eigenvalue weighted by Gasteiger charge is -2.11. The van der Waals surface area contributed by atoms with Gasteiger partial charge in [-0.25, -0.2) is 4.79 Å². The molecule has 0 fully saturated rings. The fourth-order valence-electron chi connectivity index (χ4n) is 2.17. The van der Waals surface area contributed by atoms with E-state index in [0.717, 1.165) is 5.56 Å². The van der Waals surface area contributed by atoms with Crippen LogP contribution in [-0.2, 0) is 6.54 Å². The third kappa shape index (κ3) is 3.57. The van der Waals surface area contributed by atoms with Gasteiger partial charge in [-0.15, -0.1) is 0 Å². The summed E-state index contributed by atoms with van der Waals surface area (Å²) in [6.45, 7) is 0.177. The number of rotatable bonds is 6. The van der Waals surface area contributed by atoms with Crippen molar-refractivity contribution in [3.63, 3.8) is 0 Å². The lowest BCUT2D eigenvalue weighted by atomic mass is 10.1. The Hall–Kier alpha value is -3.22. The second-order valence-electron chi connectivity index (χ2n) is 4.88. The van der Waals surface area contributed by atoms with Crippen molar-refractivity contribution in [1.29, 1.82) is 0 Å². The van der Waals surface area contributed by atoms with E-state index in [9.17, 15) is 14.7 Å². The van der Waals surface area contributed by atoms with E-state index in [2.05, 4.69) is 5.32 Å². The zero-order valence-electron chi connectivity index (χ0n) is 13.2. The molecule has 24 heavy (non-hydrogen) atoms. The largest absolute Gasteiger partial charge is 0.506 e. The van der Waals surface area contributed by atoms with Crippen molar-refractivity contribution in [2.45, 2.75) is 6.54 Å². The molecular weight excluding hydrogens is 314 g/mol. The quantitative estimate of drug-likeness (QED) is 0.748. The van der Waals surface area contributed by atoms with Gasteiger partial charge in [0.1, 0.15) is 11.3 Å². The number of phenols is 1. The predicted octanol–water partition coefficient (Wildman–Crippen LogP) is 2.04. The summed E-state index contributed by atoms with van der Waals surface area (Å²) in [5, 5.41) is 21.5. The van der Waals surface area contributed by atoms with E-state index in [0.29, 0.717) is 11.5 Å². The Balaban J connectivity index is 2.14. The van der Waals surface area contributed by atoms with E-state index in [-0.39, 0.29) is 17.7 Å². The van der Waals surface area contributed by atoms with Gasteiger partial charge in [-0.2, -0.15) is 0 Å². The van der Waals surface area contributed by atoms with Crippen LogP contribution in [0.3, 0.4) is 0 Å². The van der Waals surface area contributed by atoms with Crippen LogP contribution in [0.5, 0.6) is 17.2 Å². The molecule has 0 aliphatic carbocycles. The number of aromatic carboxylic acids is 1. The highest BCUT2D eigenvalue weighted by molar-refractivity contribution is 6.01. The lowest BCUT2D eigenvalue weighted by molar-refractivity contribution is 0.0693. The number of amides is 1. The Kier molecular flexibility index (Phi) is 5.26. The average Bonchev–Trinajstić information content (AvgIpc) is 2.59. The van der Waals surface area contributed by atoms with Gasteiger partial charge >= 0.3 is 5.97 Å². The minimum Gasteiger partial charge on any atom is -0.506 e. The van der Waals surface area contributed by atoms with Crippen molar-refractivity contribution in [3.05, 3.63) is 53.1 Å². The molecule has 0 aromatic heterocycles. The van der Waals surface area contributed by atoms with Crippen molar-refractivity contribution in [2.75, 3.05) is 14.2 Å². The van der Waals surface area contributed by atoms with Crippen molar-refractivity contribution in [3.8, 4) is 17.2 Å². The van der Waals surface area contributed by atoms with Gasteiger partial charge in [0.25, 0.3) is 5.91 Å². The molecule has 2 rings (SSSR count). The van der Waals surface area contributed by atoms with Gasteiger partial charge in [-0.1, -0.05) is 12.1 Å². The smallest absolute Gasteiger partial charge is 0.339 e. The Bertz CT molecular complexity index is 772. The van der Waals surface area contributed by atoms with Gasteiger partial charge in [0.2, 0.25) is 0 Å². The summed E-state index contributed by atoms with van der Waals surface area (Å²) >= 11 is 0. The number of aromatic hydroxyl groups is 1. The lowest BCUT2D eigenvalue weighted by Crippen LogP contribution is -2.23. The summed E-state index contributed by atoms with van der Waals surface area (Å²) < 4.78 is 10.3. The number of carbonyl (C=O) groups is 2. The van der Waals surface area contributed by atoms with Crippen molar-refractivity contribution in [2.24, 2.45) is 0 Å². The summed E-state index contributed by atoms with van der Waals surface area (Å²) in [6, 6.07) is 9.16. The number of carboxylic acid groups (broad SMARTS) is 1. The molecule has 0 bridgehead atoms. The van der Waals surface area contributed by atoms with E-state index in [1.807, 2.05) is 0 Å². The molecule has 1 amide bonds. The van der Waals surface area contributed by atoms with Crippen LogP contribution in [-0.4, -0.2) is 36.3 Å². The number of ether oxygens (including phenoxy) is 2. The van der Waals surface area contributed by atoms with Gasteiger partial charge in [-0.05, 0) is 29.8 Å². The predicted molar refractivity (Wildman–Crippen MR) is 85.8 cm³/mol. The maximum absolute atomic E-state index is 12.2. The topological polar surface area (TPSA) is 105 Å². The molecule has 0 unspecified atom stereocenters. The first kappa shape index (κ1) is 17.1. The zero-order valence-corrected chi connectivity index (χ0v) is 13.2. The van der Waals surface area contributed by atoms with Crippen molar-refractivity contribution >= 4 is 11.9 Å². The van der Waals surface area contributed by atoms with Crippen LogP contribution in [0.2, 0.25) is 0 Å². The molecule has 0 aliphatic heterocycles. The molecule has 2 aromatic carbocycles. The van der Waals surface area contributed by atoms with Crippen LogP contribution in [0.1, 0.15) is 26.3 Å². The molecule has 0 saturated carbocycles. The maximum atomic E-state index is 12.2. The Morgan fingerprint density at radius 1 is 1.04 bits per heavy atom. The molecule has 0 spiro atoms. The zero-order chi connectivity index (χ0) is 17.7. The Morgan fingerprint density at radius 3 is 2.33 bits per heavy atom. The number of methoxy groups -OCH3 is 2. The highest BCUT2D eigenvalue weighted by Crippen LogP contribution is 2.27. The number of hydrogen-bond acceptors (Lipinski definition) is 5. The summed E-state index contributed by atoms with van der Waals surface area (Å²) in [5.74, 6) is -1.35. The summed E-state index contributed by atoms with van der Waals surface area (Å²) in [6.07, 6.45) is 0. The van der Waals surface area contributed by atoms with Gasteiger partial charge < -0.3 is 25.0 Å². The van der Waals surface area contributed by atoms with Crippen LogP contribution in [0, 0.1) is 0 Å². The van der Waals surface area contributed by atoms with Crippen LogP contribution in [0.15, 0.2) is 36.4 Å². The highest BCUT2D eigenvalue weighted by Gasteiger charge is 2.17. The van der Waals surface area contributed by atoms with E-state index in [1.165, 1.54) is 32.4 Å². The molecule has 7 nitrogen and oxygen atoms in total. The highest BCUT2D eigenvalue weighted by atomic mass is 16.5. The van der Waals surface area contributed by atoms with Gasteiger partial charge in [-0.3, -0.25) is 4.79 Å². The molecule has 0 saturated heterocycles. The molecule has 2 aromatic rings. The van der Waals surface area contributed by atoms with E-state index in [1.54, 1.807) is 18.2 Å². The summed E-state index contributed by atoms with van der Waals surface area (Å²) in [4.78, 5) is 23.2. The Labute approximate surface area is 138 Å². The first-order valence-electron chi connectivity index (χ1n) is 7.02. The fourth-order valence-corrected chi connectivity index (χ4v) is 2.17. The number of carbonyl (C=O) groups excluding carboxylic acids is 1. The van der Waals surface area contributed by atoms with Crippen LogP contribution < -0.4 is 14.8 Å². The monoisotopic (exact) mass is 331 g/mol. The second-order valence-corrected chi connectivity index (χ2v) is 4.88. The molecule has 126 valence electrons. The van der Waals surface area contributed by atoms with Crippen LogP contribution in [0.4, 0.5) is 0 Å². The van der Waals surface area contributed by atoms with Gasteiger partial charge in [0.05, 0.1) is 19.8 Å². The number of carboxylic acids is 1. The van der Waals surface area contributed by atoms with Crippen molar-refractivity contribution < 1.29 is 29.3 Å². The van der Waals surface area contributed by atoms with Gasteiger partial charge in [0, 0.05) is 6.54 Å². The minimum absolute atomic E-state index is 0.102. The Morgan fingerprint density at radius 2 is 1.71 bits per heavy atom. The molecular formula is C17H17NO6. The fraction of sp³-hybridized carbons (Fsp3) is 0.176. The molecule has 0 aliphatic rings. The van der Waals surface area contributed by atoms with Crippen molar-refractivity contribution in [1.82, 2.24) is 5.32 Å². The summed E-state index contributed by atoms with van der Waals surface area (Å²) in [7, 11) is 3.03. The molecule has 7 heteroatoms. The standard InChI is InChI=1S/C17H17NO6/c1-23-13-7-6-10(8-14(13)24-2)9-18-16(20)11-4-3-5-12(15(11)19)17(21)22/h3-8,19H,9H2,1-2H3,(H,18,20)(H,21,22). The maximum Gasteiger partial charge on any atom is 0.339 e. The summed E-state index contributed by atoms with van der Waals surface area (Å²) in [5.41, 5.74) is 0.332. The second kappa shape index (κ2) is 7.36. The molecule has 0 radical (unpaired) electrons. The molecule has 0 atom stereocenters. The molecule has 0 heterocycles. The van der Waals surface area contributed by atoms with Gasteiger partial charge in [0.15, 0.2) is 11.5 Å². The third-order valence-electron chi connectivity index (χ3n) is 3.41. The van der Waals surface area contributed by atoms with Crippen LogP contribution >= 0.6 is 0 Å². The SMILES string of the molecule is COc1ccc(CNC(=O)c2cccc(C(=O)O)c2O)cc1OC. The number of benzene rings is 2. The van der Waals surface area contributed by atoms with Crippen LogP contribution in [0.25, 0.3) is 0 Å². The van der Waals surface area contributed by atoms with E-state index >= 15 is 0 Å². The minimum atomic E-state index is -1.30. The normalized spacial score (nSPS) is 10.1. The third-order valence-corrected chi connectivity index (χ3v) is 3.41. The first-order chi connectivity index (χ1) is 11.5. The van der Waals surface area contributed by atoms with E-state index in [4.69, 9.17) is 14.6 Å². The molecule has 3 N–H and O–H groups in total. The average molecular weight is 331 g/mol.